The fourth-order valence-corrected chi connectivity index (χ4v) is 1.86. The third-order valence-corrected chi connectivity index (χ3v) is 2.90. The summed E-state index contributed by atoms with van der Waals surface area (Å²) in [6, 6.07) is 11.4. The van der Waals surface area contributed by atoms with E-state index in [1.54, 1.807) is 19.4 Å². The van der Waals surface area contributed by atoms with Crippen LogP contribution >= 0.6 is 0 Å². The average Bonchev–Trinajstić information content (AvgIpc) is 2.46. The van der Waals surface area contributed by atoms with Gasteiger partial charge in [-0.2, -0.15) is 0 Å². The standard InChI is InChI=1S/C15H18N2O2/c1-19-14-7-4-5-12(15(14)18)11-16-10-8-13-6-2-3-9-17-13/h2-7,9,16,18H,8,10-11H2,1H3. The van der Waals surface area contributed by atoms with Crippen LogP contribution in [0.4, 0.5) is 0 Å². The Hall–Kier alpha value is -2.07. The molecule has 0 saturated heterocycles. The maximum Gasteiger partial charge on any atom is 0.162 e. The van der Waals surface area contributed by atoms with Gasteiger partial charge in [-0.3, -0.25) is 4.98 Å². The molecule has 0 aliphatic rings. The molecule has 2 aromatic rings. The van der Waals surface area contributed by atoms with Gasteiger partial charge >= 0.3 is 0 Å². The topological polar surface area (TPSA) is 54.4 Å². The molecular formula is C15H18N2O2. The van der Waals surface area contributed by atoms with E-state index >= 15 is 0 Å². The first-order valence-electron chi connectivity index (χ1n) is 6.26. The number of nitrogens with zero attached hydrogens (tertiary/aromatic N) is 1. The fraction of sp³-hybridized carbons (Fsp3) is 0.267. The van der Waals surface area contributed by atoms with Crippen molar-refractivity contribution in [3.8, 4) is 11.5 Å². The largest absolute Gasteiger partial charge is 0.504 e. The molecule has 0 amide bonds. The maximum absolute atomic E-state index is 9.93. The minimum Gasteiger partial charge on any atom is -0.504 e. The fourth-order valence-electron chi connectivity index (χ4n) is 1.86. The van der Waals surface area contributed by atoms with Crippen LogP contribution in [0.5, 0.6) is 11.5 Å². The van der Waals surface area contributed by atoms with Crippen LogP contribution in [-0.4, -0.2) is 23.7 Å². The lowest BCUT2D eigenvalue weighted by atomic mass is 10.2. The third kappa shape index (κ3) is 3.69. The Labute approximate surface area is 113 Å². The van der Waals surface area contributed by atoms with Crippen molar-refractivity contribution in [3.05, 3.63) is 53.9 Å². The molecule has 1 aromatic heterocycles. The summed E-state index contributed by atoms with van der Waals surface area (Å²) >= 11 is 0. The molecule has 0 radical (unpaired) electrons. The number of hydrogen-bond acceptors (Lipinski definition) is 4. The minimum atomic E-state index is 0.204. The molecule has 4 nitrogen and oxygen atoms in total. The molecule has 19 heavy (non-hydrogen) atoms. The van der Waals surface area contributed by atoms with Gasteiger partial charge in [0.15, 0.2) is 11.5 Å². The lowest BCUT2D eigenvalue weighted by Gasteiger charge is -2.09. The lowest BCUT2D eigenvalue weighted by Crippen LogP contribution is -2.17. The first-order chi connectivity index (χ1) is 9.31. The van der Waals surface area contributed by atoms with Crippen LogP contribution in [0.3, 0.4) is 0 Å². The second-order valence-corrected chi connectivity index (χ2v) is 4.22. The molecule has 2 rings (SSSR count). The number of phenols is 1. The van der Waals surface area contributed by atoms with Crippen LogP contribution in [0, 0.1) is 0 Å². The van der Waals surface area contributed by atoms with Crippen LogP contribution in [0.1, 0.15) is 11.3 Å². The van der Waals surface area contributed by atoms with Crippen molar-refractivity contribution in [3.63, 3.8) is 0 Å². The zero-order chi connectivity index (χ0) is 13.5. The summed E-state index contributed by atoms with van der Waals surface area (Å²) in [6.45, 7) is 1.42. The van der Waals surface area contributed by atoms with E-state index in [9.17, 15) is 5.11 Å². The van der Waals surface area contributed by atoms with Gasteiger partial charge in [0.1, 0.15) is 0 Å². The average molecular weight is 258 g/mol. The Balaban J connectivity index is 1.83. The second kappa shape index (κ2) is 6.75. The van der Waals surface area contributed by atoms with Gasteiger partial charge in [0, 0.05) is 37.0 Å². The molecule has 1 heterocycles. The monoisotopic (exact) mass is 258 g/mol. The molecule has 100 valence electrons. The molecular weight excluding hydrogens is 240 g/mol. The minimum absolute atomic E-state index is 0.204. The van der Waals surface area contributed by atoms with Crippen LogP contribution in [0.2, 0.25) is 0 Å². The van der Waals surface area contributed by atoms with Gasteiger partial charge in [0.05, 0.1) is 7.11 Å². The SMILES string of the molecule is COc1cccc(CNCCc2ccccn2)c1O. The molecule has 0 saturated carbocycles. The molecule has 0 aliphatic carbocycles. The van der Waals surface area contributed by atoms with Crippen LogP contribution in [0.25, 0.3) is 0 Å². The quantitative estimate of drug-likeness (QED) is 0.779. The lowest BCUT2D eigenvalue weighted by molar-refractivity contribution is 0.369. The molecule has 0 atom stereocenters. The summed E-state index contributed by atoms with van der Waals surface area (Å²) in [7, 11) is 1.55. The van der Waals surface area contributed by atoms with E-state index in [1.165, 1.54) is 0 Å². The van der Waals surface area contributed by atoms with Crippen molar-refractivity contribution in [2.24, 2.45) is 0 Å². The maximum atomic E-state index is 9.93. The van der Waals surface area contributed by atoms with Crippen molar-refractivity contribution in [1.29, 1.82) is 0 Å². The Morgan fingerprint density at radius 2 is 2.11 bits per heavy atom. The molecule has 0 bridgehead atoms. The highest BCUT2D eigenvalue weighted by molar-refractivity contribution is 5.45. The second-order valence-electron chi connectivity index (χ2n) is 4.22. The van der Waals surface area contributed by atoms with Crippen molar-refractivity contribution >= 4 is 0 Å². The van der Waals surface area contributed by atoms with Gasteiger partial charge in [0.2, 0.25) is 0 Å². The number of aromatic nitrogens is 1. The predicted molar refractivity (Wildman–Crippen MR) is 74.3 cm³/mol. The van der Waals surface area contributed by atoms with Crippen LogP contribution < -0.4 is 10.1 Å². The van der Waals surface area contributed by atoms with Gasteiger partial charge in [-0.15, -0.1) is 0 Å². The summed E-state index contributed by atoms with van der Waals surface area (Å²) in [5.41, 5.74) is 1.89. The number of phenolic OH excluding ortho intramolecular Hbond substituents is 1. The highest BCUT2D eigenvalue weighted by atomic mass is 16.5. The van der Waals surface area contributed by atoms with Gasteiger partial charge in [0.25, 0.3) is 0 Å². The Morgan fingerprint density at radius 1 is 1.21 bits per heavy atom. The molecule has 0 aliphatic heterocycles. The van der Waals surface area contributed by atoms with Crippen molar-refractivity contribution < 1.29 is 9.84 Å². The molecule has 1 aromatic carbocycles. The van der Waals surface area contributed by atoms with Crippen molar-refractivity contribution in [1.82, 2.24) is 10.3 Å². The smallest absolute Gasteiger partial charge is 0.162 e. The van der Waals surface area contributed by atoms with E-state index < -0.39 is 0 Å². The molecule has 2 N–H and O–H groups in total. The van der Waals surface area contributed by atoms with E-state index in [1.807, 2.05) is 30.3 Å². The highest BCUT2D eigenvalue weighted by Crippen LogP contribution is 2.28. The van der Waals surface area contributed by atoms with E-state index in [0.29, 0.717) is 12.3 Å². The highest BCUT2D eigenvalue weighted by Gasteiger charge is 2.06. The summed E-state index contributed by atoms with van der Waals surface area (Å²) in [5.74, 6) is 0.708. The van der Waals surface area contributed by atoms with Gasteiger partial charge in [-0.1, -0.05) is 18.2 Å². The molecule has 0 unspecified atom stereocenters. The molecule has 0 spiro atoms. The summed E-state index contributed by atoms with van der Waals surface area (Å²) in [6.07, 6.45) is 2.66. The van der Waals surface area contributed by atoms with E-state index in [4.69, 9.17) is 4.74 Å². The number of aromatic hydroxyl groups is 1. The zero-order valence-corrected chi connectivity index (χ0v) is 11.0. The number of benzene rings is 1. The first kappa shape index (κ1) is 13.4. The Kier molecular flexibility index (Phi) is 4.75. The third-order valence-electron chi connectivity index (χ3n) is 2.90. The number of hydrogen-bond donors (Lipinski definition) is 2. The number of pyridine rings is 1. The van der Waals surface area contributed by atoms with Crippen LogP contribution in [0.15, 0.2) is 42.6 Å². The first-order valence-corrected chi connectivity index (χ1v) is 6.26. The Bertz CT molecular complexity index is 515. The van der Waals surface area contributed by atoms with Gasteiger partial charge in [-0.25, -0.2) is 0 Å². The van der Waals surface area contributed by atoms with Crippen molar-refractivity contribution in [2.75, 3.05) is 13.7 Å². The summed E-state index contributed by atoms with van der Waals surface area (Å²) < 4.78 is 5.07. The van der Waals surface area contributed by atoms with E-state index in [0.717, 1.165) is 24.2 Å². The summed E-state index contributed by atoms with van der Waals surface area (Å²) in [4.78, 5) is 4.26. The Morgan fingerprint density at radius 3 is 2.84 bits per heavy atom. The van der Waals surface area contributed by atoms with Crippen LogP contribution in [-0.2, 0) is 13.0 Å². The summed E-state index contributed by atoms with van der Waals surface area (Å²) in [5, 5.41) is 13.2. The van der Waals surface area contributed by atoms with E-state index in [2.05, 4.69) is 10.3 Å². The van der Waals surface area contributed by atoms with Gasteiger partial charge < -0.3 is 15.2 Å². The van der Waals surface area contributed by atoms with Crippen molar-refractivity contribution in [2.45, 2.75) is 13.0 Å². The number of ether oxygens (including phenoxy) is 1. The van der Waals surface area contributed by atoms with E-state index in [-0.39, 0.29) is 5.75 Å². The predicted octanol–water partition coefficient (Wildman–Crippen LogP) is 2.13. The zero-order valence-electron chi connectivity index (χ0n) is 11.0. The number of para-hydroxylation sites is 1. The normalized spacial score (nSPS) is 10.4. The number of nitrogens with one attached hydrogen (secondary N) is 1. The molecule has 0 fully saturated rings. The molecule has 4 heteroatoms. The number of methoxy groups -OCH3 is 1. The van der Waals surface area contributed by atoms with Gasteiger partial charge in [-0.05, 0) is 18.2 Å². The number of rotatable bonds is 6.